The molecular formula is C26H30ClN5O2. The third-order valence-corrected chi connectivity index (χ3v) is 7.20. The normalized spacial score (nSPS) is 16.6. The molecule has 2 aromatic heterocycles. The van der Waals surface area contributed by atoms with E-state index >= 15 is 0 Å². The van der Waals surface area contributed by atoms with Crippen LogP contribution in [0.3, 0.4) is 0 Å². The topological polar surface area (TPSA) is 83.3 Å². The Morgan fingerprint density at radius 2 is 1.88 bits per heavy atom. The average Bonchev–Trinajstić information content (AvgIpc) is 3.62. The summed E-state index contributed by atoms with van der Waals surface area (Å²) < 4.78 is 1.74. The van der Waals surface area contributed by atoms with Gasteiger partial charge in [-0.05, 0) is 86.8 Å². The number of aliphatic hydroxyl groups excluding tert-OH is 1. The third kappa shape index (κ3) is 4.81. The zero-order chi connectivity index (χ0) is 23.7. The van der Waals surface area contributed by atoms with Crippen molar-refractivity contribution in [1.82, 2.24) is 14.8 Å². The SMILES string of the molecule is Cc1c(C(=O)Nc2cnc(N3CCC(CCO)CC3)c(C3CC3)c2)cnn1-c1ccc(Cl)cc1. The Kier molecular flexibility index (Phi) is 6.57. The van der Waals surface area contributed by atoms with Crippen LogP contribution < -0.4 is 10.2 Å². The van der Waals surface area contributed by atoms with Crippen molar-refractivity contribution in [3.05, 3.63) is 64.6 Å². The van der Waals surface area contributed by atoms with Crippen LogP contribution in [-0.4, -0.2) is 45.5 Å². The maximum atomic E-state index is 13.1. The summed E-state index contributed by atoms with van der Waals surface area (Å²) in [6.07, 6.45) is 8.75. The number of benzene rings is 1. The summed E-state index contributed by atoms with van der Waals surface area (Å²) in [6.45, 7) is 4.08. The van der Waals surface area contributed by atoms with Gasteiger partial charge in [0.2, 0.25) is 0 Å². The summed E-state index contributed by atoms with van der Waals surface area (Å²) >= 11 is 5.99. The standard InChI is InChI=1S/C26H30ClN5O2/c1-17-24(16-29-32(17)22-6-4-20(27)5-7-22)26(34)30-21-14-23(19-2-3-19)25(28-15-21)31-11-8-18(9-12-31)10-13-33/h4-7,14-16,18-19,33H,2-3,8-13H2,1H3,(H,30,34). The van der Waals surface area contributed by atoms with Gasteiger partial charge in [0.05, 0.1) is 35.0 Å². The summed E-state index contributed by atoms with van der Waals surface area (Å²) in [5, 5.41) is 17.3. The predicted octanol–water partition coefficient (Wildman–Crippen LogP) is 4.96. The van der Waals surface area contributed by atoms with E-state index in [-0.39, 0.29) is 12.5 Å². The largest absolute Gasteiger partial charge is 0.396 e. The van der Waals surface area contributed by atoms with Crippen LogP contribution in [0.1, 0.15) is 59.6 Å². The Balaban J connectivity index is 1.32. The zero-order valence-corrected chi connectivity index (χ0v) is 20.1. The van der Waals surface area contributed by atoms with E-state index in [1.165, 1.54) is 18.4 Å². The third-order valence-electron chi connectivity index (χ3n) is 6.95. The molecule has 7 nitrogen and oxygen atoms in total. The van der Waals surface area contributed by atoms with Crippen LogP contribution in [0.2, 0.25) is 5.02 Å². The van der Waals surface area contributed by atoms with Crippen molar-refractivity contribution in [2.24, 2.45) is 5.92 Å². The Bertz CT molecular complexity index is 1160. The molecule has 8 heteroatoms. The van der Waals surface area contributed by atoms with Gasteiger partial charge in [0, 0.05) is 24.7 Å². The van der Waals surface area contributed by atoms with Gasteiger partial charge in [0.1, 0.15) is 5.82 Å². The summed E-state index contributed by atoms with van der Waals surface area (Å²) in [7, 11) is 0. The highest BCUT2D eigenvalue weighted by Gasteiger charge is 2.31. The quantitative estimate of drug-likeness (QED) is 0.500. The number of aromatic nitrogens is 3. The number of aliphatic hydroxyl groups is 1. The molecule has 1 aliphatic heterocycles. The van der Waals surface area contributed by atoms with E-state index in [0.717, 1.165) is 49.6 Å². The second kappa shape index (κ2) is 9.76. The molecule has 0 unspecified atom stereocenters. The molecule has 5 rings (SSSR count). The van der Waals surface area contributed by atoms with Crippen molar-refractivity contribution in [2.75, 3.05) is 29.9 Å². The lowest BCUT2D eigenvalue weighted by Gasteiger charge is -2.34. The first-order chi connectivity index (χ1) is 16.5. The summed E-state index contributed by atoms with van der Waals surface area (Å²) in [6, 6.07) is 9.46. The average molecular weight is 480 g/mol. The van der Waals surface area contributed by atoms with Crippen LogP contribution in [0.4, 0.5) is 11.5 Å². The maximum absolute atomic E-state index is 13.1. The van der Waals surface area contributed by atoms with Crippen molar-refractivity contribution in [2.45, 2.75) is 44.9 Å². The molecule has 1 saturated heterocycles. The highest BCUT2D eigenvalue weighted by atomic mass is 35.5. The van der Waals surface area contributed by atoms with Gasteiger partial charge < -0.3 is 15.3 Å². The van der Waals surface area contributed by atoms with Gasteiger partial charge in [0.25, 0.3) is 5.91 Å². The fourth-order valence-corrected chi connectivity index (χ4v) is 4.92. The summed E-state index contributed by atoms with van der Waals surface area (Å²) in [5.41, 5.74) is 4.08. The smallest absolute Gasteiger partial charge is 0.259 e. The van der Waals surface area contributed by atoms with Crippen molar-refractivity contribution in [3.8, 4) is 5.69 Å². The van der Waals surface area contributed by atoms with Crippen molar-refractivity contribution >= 4 is 29.0 Å². The van der Waals surface area contributed by atoms with Gasteiger partial charge in [-0.1, -0.05) is 11.6 Å². The number of carbonyl (C=O) groups excluding carboxylic acids is 1. The molecule has 1 aromatic carbocycles. The Labute approximate surface area is 204 Å². The number of piperidine rings is 1. The number of nitrogens with zero attached hydrogens (tertiary/aromatic N) is 4. The molecule has 1 amide bonds. The van der Waals surface area contributed by atoms with Crippen LogP contribution in [0.25, 0.3) is 5.69 Å². The minimum Gasteiger partial charge on any atom is -0.396 e. The minimum atomic E-state index is -0.196. The van der Waals surface area contributed by atoms with Gasteiger partial charge in [-0.15, -0.1) is 0 Å². The first-order valence-corrected chi connectivity index (χ1v) is 12.4. The molecule has 0 atom stereocenters. The number of anilines is 2. The molecule has 2 aliphatic rings. The van der Waals surface area contributed by atoms with E-state index in [9.17, 15) is 9.90 Å². The molecule has 0 radical (unpaired) electrons. The highest BCUT2D eigenvalue weighted by molar-refractivity contribution is 6.30. The molecule has 178 valence electrons. The van der Waals surface area contributed by atoms with Crippen LogP contribution in [0.15, 0.2) is 42.7 Å². The molecule has 0 spiro atoms. The Morgan fingerprint density at radius 1 is 1.15 bits per heavy atom. The highest BCUT2D eigenvalue weighted by Crippen LogP contribution is 2.45. The van der Waals surface area contributed by atoms with Crippen LogP contribution in [0.5, 0.6) is 0 Å². The molecule has 3 aromatic rings. The van der Waals surface area contributed by atoms with Crippen molar-refractivity contribution in [3.63, 3.8) is 0 Å². The number of nitrogens with one attached hydrogen (secondary N) is 1. The van der Waals surface area contributed by atoms with Crippen molar-refractivity contribution < 1.29 is 9.90 Å². The van der Waals surface area contributed by atoms with Gasteiger partial charge in [-0.3, -0.25) is 4.79 Å². The first kappa shape index (κ1) is 22.9. The molecule has 34 heavy (non-hydrogen) atoms. The molecule has 0 bridgehead atoms. The van der Waals surface area contributed by atoms with E-state index < -0.39 is 0 Å². The Morgan fingerprint density at radius 3 is 2.56 bits per heavy atom. The molecule has 2 fully saturated rings. The van der Waals surface area contributed by atoms with E-state index in [4.69, 9.17) is 16.6 Å². The number of hydrogen-bond acceptors (Lipinski definition) is 5. The molecule has 1 aliphatic carbocycles. The lowest BCUT2D eigenvalue weighted by molar-refractivity contribution is 0.102. The van der Waals surface area contributed by atoms with E-state index in [1.54, 1.807) is 29.2 Å². The fraction of sp³-hybridized carbons (Fsp3) is 0.423. The Hall–Kier alpha value is -2.90. The second-order valence-corrected chi connectivity index (χ2v) is 9.78. The zero-order valence-electron chi connectivity index (χ0n) is 19.4. The van der Waals surface area contributed by atoms with Gasteiger partial charge in [0.15, 0.2) is 0 Å². The van der Waals surface area contributed by atoms with Crippen molar-refractivity contribution in [1.29, 1.82) is 0 Å². The lowest BCUT2D eigenvalue weighted by Crippen LogP contribution is -2.35. The van der Waals surface area contributed by atoms with Gasteiger partial charge >= 0.3 is 0 Å². The summed E-state index contributed by atoms with van der Waals surface area (Å²) in [4.78, 5) is 20.2. The predicted molar refractivity (Wildman–Crippen MR) is 134 cm³/mol. The number of amides is 1. The lowest BCUT2D eigenvalue weighted by atomic mass is 9.93. The maximum Gasteiger partial charge on any atom is 0.259 e. The number of pyridine rings is 1. The molecular weight excluding hydrogens is 450 g/mol. The number of halogens is 1. The number of rotatable bonds is 7. The second-order valence-electron chi connectivity index (χ2n) is 9.34. The monoisotopic (exact) mass is 479 g/mol. The molecule has 3 heterocycles. The van der Waals surface area contributed by atoms with Crippen LogP contribution in [0, 0.1) is 12.8 Å². The van der Waals surface area contributed by atoms with E-state index in [0.29, 0.717) is 28.1 Å². The number of carbonyl (C=O) groups is 1. The fourth-order valence-electron chi connectivity index (χ4n) is 4.79. The van der Waals surface area contributed by atoms with E-state index in [1.807, 2.05) is 19.1 Å². The molecule has 2 N–H and O–H groups in total. The van der Waals surface area contributed by atoms with Crippen LogP contribution >= 0.6 is 11.6 Å². The summed E-state index contributed by atoms with van der Waals surface area (Å²) in [5.74, 6) is 1.97. The van der Waals surface area contributed by atoms with Gasteiger partial charge in [-0.2, -0.15) is 5.10 Å². The van der Waals surface area contributed by atoms with E-state index in [2.05, 4.69) is 21.4 Å². The minimum absolute atomic E-state index is 0.196. The number of hydrogen-bond donors (Lipinski definition) is 2. The van der Waals surface area contributed by atoms with Crippen LogP contribution in [-0.2, 0) is 0 Å². The molecule has 1 saturated carbocycles. The van der Waals surface area contributed by atoms with Gasteiger partial charge in [-0.25, -0.2) is 9.67 Å². The first-order valence-electron chi connectivity index (χ1n) is 12.0.